The SMILES string of the molecule is CC1(C)c2ccccc2-c2cc3c4cc(-c5ccc6c(c5)c(=O)oc5c(-c7cc(-c8ccccc8)cc(-c8ccccc8)c7)cccc56)ccc4n(-c4ccccc4)c3cc21. The number of rotatable bonds is 5. The van der Waals surface area contributed by atoms with Gasteiger partial charge in [0.25, 0.3) is 0 Å². The Hall–Kier alpha value is -7.75. The normalized spacial score (nSPS) is 13.0. The molecule has 3 heteroatoms. The molecule has 9 aromatic carbocycles. The summed E-state index contributed by atoms with van der Waals surface area (Å²) >= 11 is 0. The second kappa shape index (κ2) is 13.4. The van der Waals surface area contributed by atoms with E-state index in [4.69, 9.17) is 4.42 Å². The predicted octanol–water partition coefficient (Wildman–Crippen LogP) is 15.0. The first kappa shape index (κ1) is 35.2. The fourth-order valence-corrected chi connectivity index (χ4v) is 9.99. The van der Waals surface area contributed by atoms with Gasteiger partial charge in [-0.3, -0.25) is 0 Å². The van der Waals surface area contributed by atoms with Crippen LogP contribution in [0.4, 0.5) is 0 Å². The molecule has 0 bridgehead atoms. The summed E-state index contributed by atoms with van der Waals surface area (Å²) in [6.07, 6.45) is 0. The van der Waals surface area contributed by atoms with Gasteiger partial charge in [0.2, 0.25) is 0 Å². The zero-order valence-electron chi connectivity index (χ0n) is 33.8. The van der Waals surface area contributed by atoms with E-state index in [1.807, 2.05) is 18.2 Å². The maximum atomic E-state index is 14.2. The first-order valence-corrected chi connectivity index (χ1v) is 20.9. The van der Waals surface area contributed by atoms with Crippen LogP contribution in [0.3, 0.4) is 0 Å². The molecule has 0 aliphatic heterocycles. The molecule has 0 spiro atoms. The van der Waals surface area contributed by atoms with E-state index in [0.29, 0.717) is 11.0 Å². The highest BCUT2D eigenvalue weighted by Crippen LogP contribution is 2.51. The Bertz CT molecular complexity index is 3560. The van der Waals surface area contributed by atoms with Crippen LogP contribution >= 0.6 is 0 Å². The van der Waals surface area contributed by atoms with Crippen LogP contribution in [0.5, 0.6) is 0 Å². The van der Waals surface area contributed by atoms with Crippen LogP contribution < -0.4 is 5.63 Å². The number of fused-ring (bicyclic) bond motifs is 9. The standard InChI is InChI=1S/C58H39NO2/c1-58(2)52-24-13-12-21-46(52)48-34-50-49-32-39(26-28-54(49)59(55(50)35-53(48)58)43-19-10-5-11-20-43)38-25-27-45-47-23-14-22-44(56(47)61-57(60)51(45)33-38)42-30-40(36-15-6-3-7-16-36)29-41(31-42)37-17-8-4-9-18-37/h3-35H,1-2H3. The summed E-state index contributed by atoms with van der Waals surface area (Å²) < 4.78 is 8.75. The number of benzene rings is 9. The van der Waals surface area contributed by atoms with Crippen molar-refractivity contribution < 1.29 is 4.42 Å². The van der Waals surface area contributed by atoms with Gasteiger partial charge in [-0.05, 0) is 127 Å². The molecule has 0 amide bonds. The number of para-hydroxylation sites is 2. The van der Waals surface area contributed by atoms with Gasteiger partial charge in [-0.1, -0.05) is 153 Å². The summed E-state index contributed by atoms with van der Waals surface area (Å²) in [5.74, 6) is 0. The van der Waals surface area contributed by atoms with Gasteiger partial charge >= 0.3 is 5.63 Å². The van der Waals surface area contributed by atoms with Crippen LogP contribution in [-0.2, 0) is 5.41 Å². The minimum absolute atomic E-state index is 0.113. The Morgan fingerprint density at radius 1 is 0.377 bits per heavy atom. The largest absolute Gasteiger partial charge is 0.422 e. The van der Waals surface area contributed by atoms with Gasteiger partial charge in [-0.15, -0.1) is 0 Å². The predicted molar refractivity (Wildman–Crippen MR) is 254 cm³/mol. The molecule has 0 fully saturated rings. The van der Waals surface area contributed by atoms with Crippen LogP contribution in [0.2, 0.25) is 0 Å². The zero-order valence-corrected chi connectivity index (χ0v) is 33.8. The van der Waals surface area contributed by atoms with Crippen molar-refractivity contribution in [1.29, 1.82) is 0 Å². The van der Waals surface area contributed by atoms with Crippen LogP contribution in [0, 0.1) is 0 Å². The van der Waals surface area contributed by atoms with Gasteiger partial charge < -0.3 is 8.98 Å². The van der Waals surface area contributed by atoms with Crippen molar-refractivity contribution in [1.82, 2.24) is 4.57 Å². The monoisotopic (exact) mass is 781 g/mol. The molecule has 0 saturated carbocycles. The van der Waals surface area contributed by atoms with Crippen molar-refractivity contribution in [3.8, 4) is 61.3 Å². The van der Waals surface area contributed by atoms with Crippen molar-refractivity contribution in [2.24, 2.45) is 0 Å². The Labute approximate surface area is 353 Å². The topological polar surface area (TPSA) is 35.1 Å². The highest BCUT2D eigenvalue weighted by atomic mass is 16.4. The van der Waals surface area contributed by atoms with E-state index in [1.54, 1.807) is 0 Å². The van der Waals surface area contributed by atoms with Gasteiger partial charge in [0.1, 0.15) is 5.58 Å². The lowest BCUT2D eigenvalue weighted by Crippen LogP contribution is -2.14. The third-order valence-corrected chi connectivity index (χ3v) is 13.0. The molecule has 0 radical (unpaired) electrons. The number of hydrogen-bond donors (Lipinski definition) is 0. The highest BCUT2D eigenvalue weighted by molar-refractivity contribution is 6.14. The minimum atomic E-state index is -0.349. The molecular formula is C58H39NO2. The summed E-state index contributed by atoms with van der Waals surface area (Å²) in [5, 5.41) is 4.72. The fourth-order valence-electron chi connectivity index (χ4n) is 9.99. The molecule has 12 rings (SSSR count). The van der Waals surface area contributed by atoms with Gasteiger partial charge in [-0.25, -0.2) is 4.79 Å². The molecule has 1 aliphatic carbocycles. The van der Waals surface area contributed by atoms with Crippen molar-refractivity contribution >= 4 is 43.5 Å². The third-order valence-electron chi connectivity index (χ3n) is 13.0. The molecule has 0 N–H and O–H groups in total. The molecule has 0 atom stereocenters. The lowest BCUT2D eigenvalue weighted by atomic mass is 9.82. The smallest absolute Gasteiger partial charge is 0.344 e. The summed E-state index contributed by atoms with van der Waals surface area (Å²) in [4.78, 5) is 14.2. The van der Waals surface area contributed by atoms with Crippen LogP contribution in [-0.4, -0.2) is 4.57 Å². The van der Waals surface area contributed by atoms with Gasteiger partial charge in [-0.2, -0.15) is 0 Å². The lowest BCUT2D eigenvalue weighted by molar-refractivity contribution is 0.570. The van der Waals surface area contributed by atoms with E-state index in [1.165, 1.54) is 38.5 Å². The number of hydrogen-bond acceptors (Lipinski definition) is 2. The molecule has 61 heavy (non-hydrogen) atoms. The molecule has 288 valence electrons. The molecule has 2 aromatic heterocycles. The van der Waals surface area contributed by atoms with Gasteiger partial charge in [0, 0.05) is 32.8 Å². The Morgan fingerprint density at radius 2 is 0.967 bits per heavy atom. The van der Waals surface area contributed by atoms with E-state index >= 15 is 0 Å². The molecule has 11 aromatic rings. The number of aromatic nitrogens is 1. The minimum Gasteiger partial charge on any atom is -0.422 e. The molecule has 1 aliphatic rings. The fraction of sp³-hybridized carbons (Fsp3) is 0.0517. The first-order valence-electron chi connectivity index (χ1n) is 20.9. The molecular weight excluding hydrogens is 743 g/mol. The van der Waals surface area contributed by atoms with E-state index in [0.717, 1.165) is 66.5 Å². The van der Waals surface area contributed by atoms with Crippen LogP contribution in [0.25, 0.3) is 105 Å². The van der Waals surface area contributed by atoms with Crippen LogP contribution in [0.15, 0.2) is 209 Å². The van der Waals surface area contributed by atoms with Crippen molar-refractivity contribution in [3.63, 3.8) is 0 Å². The summed E-state index contributed by atoms with van der Waals surface area (Å²) in [6, 6.07) is 70.9. The lowest BCUT2D eigenvalue weighted by Gasteiger charge is -2.21. The molecule has 0 saturated heterocycles. The molecule has 2 heterocycles. The molecule has 3 nitrogen and oxygen atoms in total. The summed E-state index contributed by atoms with van der Waals surface area (Å²) in [7, 11) is 0. The first-order chi connectivity index (χ1) is 29.9. The maximum absolute atomic E-state index is 14.2. The zero-order chi connectivity index (χ0) is 40.8. The van der Waals surface area contributed by atoms with Crippen molar-refractivity contribution in [3.05, 3.63) is 222 Å². The third kappa shape index (κ3) is 5.47. The van der Waals surface area contributed by atoms with Gasteiger partial charge in [0.15, 0.2) is 0 Å². The summed E-state index contributed by atoms with van der Waals surface area (Å²) in [5.41, 5.74) is 17.2. The Balaban J connectivity index is 1.02. The second-order valence-electron chi connectivity index (χ2n) is 16.9. The van der Waals surface area contributed by atoms with E-state index < -0.39 is 0 Å². The number of nitrogens with zero attached hydrogens (tertiary/aromatic N) is 1. The van der Waals surface area contributed by atoms with E-state index in [-0.39, 0.29) is 11.0 Å². The quantitative estimate of drug-likeness (QED) is 0.129. The van der Waals surface area contributed by atoms with Crippen molar-refractivity contribution in [2.45, 2.75) is 19.3 Å². The second-order valence-corrected chi connectivity index (χ2v) is 16.9. The van der Waals surface area contributed by atoms with E-state index in [2.05, 4.69) is 200 Å². The maximum Gasteiger partial charge on any atom is 0.344 e. The summed E-state index contributed by atoms with van der Waals surface area (Å²) in [6.45, 7) is 4.67. The van der Waals surface area contributed by atoms with E-state index in [9.17, 15) is 4.79 Å². The van der Waals surface area contributed by atoms with Crippen molar-refractivity contribution in [2.75, 3.05) is 0 Å². The van der Waals surface area contributed by atoms with Crippen LogP contribution in [0.1, 0.15) is 25.0 Å². The Kier molecular flexibility index (Phi) is 7.73. The van der Waals surface area contributed by atoms with Gasteiger partial charge in [0.05, 0.1) is 16.4 Å². The Morgan fingerprint density at radius 3 is 1.69 bits per heavy atom. The highest BCUT2D eigenvalue weighted by Gasteiger charge is 2.36. The molecule has 0 unspecified atom stereocenters. The average Bonchev–Trinajstić information content (AvgIpc) is 3.75. The average molecular weight is 782 g/mol.